The summed E-state index contributed by atoms with van der Waals surface area (Å²) in [6.07, 6.45) is 6.74. The molecule has 1 aromatic heterocycles. The number of aromatic nitrogens is 2. The lowest BCUT2D eigenvalue weighted by atomic mass is 10.1. The van der Waals surface area contributed by atoms with Crippen LogP contribution in [0.1, 0.15) is 16.4 Å². The van der Waals surface area contributed by atoms with Gasteiger partial charge in [-0.25, -0.2) is 13.1 Å². The van der Waals surface area contributed by atoms with Gasteiger partial charge in [0.2, 0.25) is 0 Å². The summed E-state index contributed by atoms with van der Waals surface area (Å²) in [7, 11) is -3.55. The van der Waals surface area contributed by atoms with Crippen LogP contribution in [0.2, 0.25) is 0 Å². The van der Waals surface area contributed by atoms with Gasteiger partial charge in [-0.05, 0) is 36.8 Å². The minimum Gasteiger partial charge on any atom is -0.249 e. The first-order valence-electron chi connectivity index (χ1n) is 7.60. The molecule has 0 aliphatic carbocycles. The zero-order chi connectivity index (χ0) is 17.0. The topological polar surface area (TPSA) is 52.0 Å². The molecule has 5 heteroatoms. The third kappa shape index (κ3) is 3.46. The summed E-state index contributed by atoms with van der Waals surface area (Å²) < 4.78 is 27.8. The first-order chi connectivity index (χ1) is 11.6. The van der Waals surface area contributed by atoms with Crippen LogP contribution < -0.4 is 0 Å². The highest BCUT2D eigenvalue weighted by Crippen LogP contribution is 2.30. The summed E-state index contributed by atoms with van der Waals surface area (Å²) in [5.41, 5.74) is 1.75. The van der Waals surface area contributed by atoms with Gasteiger partial charge in [0, 0.05) is 18.6 Å². The molecule has 2 aromatic carbocycles. The highest BCUT2D eigenvalue weighted by molar-refractivity contribution is 7.91. The number of benzene rings is 2. The zero-order valence-electron chi connectivity index (χ0n) is 13.3. The molecule has 0 aliphatic rings. The minimum absolute atomic E-state index is 0.312. The van der Waals surface area contributed by atoms with E-state index >= 15 is 0 Å². The highest BCUT2D eigenvalue weighted by atomic mass is 32.2. The zero-order valence-corrected chi connectivity index (χ0v) is 14.1. The SMILES string of the molecule is Cc1ccc(S(=O)(=O)C(/C=C/n2cccn2)c2ccccc2)cc1. The predicted octanol–water partition coefficient (Wildman–Crippen LogP) is 3.88. The maximum atomic E-state index is 13.1. The minimum atomic E-state index is -3.55. The van der Waals surface area contributed by atoms with E-state index < -0.39 is 15.1 Å². The molecule has 0 radical (unpaired) electrons. The van der Waals surface area contributed by atoms with Crippen LogP contribution in [0.15, 0.2) is 84.0 Å². The summed E-state index contributed by atoms with van der Waals surface area (Å²) in [4.78, 5) is 0.312. The first-order valence-corrected chi connectivity index (χ1v) is 9.15. The van der Waals surface area contributed by atoms with Crippen molar-refractivity contribution in [3.63, 3.8) is 0 Å². The average Bonchev–Trinajstić information content (AvgIpc) is 3.10. The van der Waals surface area contributed by atoms with Crippen molar-refractivity contribution in [1.82, 2.24) is 9.78 Å². The third-order valence-corrected chi connectivity index (χ3v) is 5.78. The maximum absolute atomic E-state index is 13.1. The molecule has 3 aromatic rings. The Balaban J connectivity index is 2.05. The second kappa shape index (κ2) is 6.84. The van der Waals surface area contributed by atoms with Gasteiger partial charge in [0.25, 0.3) is 0 Å². The van der Waals surface area contributed by atoms with Crippen molar-refractivity contribution in [3.05, 3.63) is 90.3 Å². The molecule has 24 heavy (non-hydrogen) atoms. The van der Waals surface area contributed by atoms with Crippen LogP contribution in [-0.2, 0) is 9.84 Å². The van der Waals surface area contributed by atoms with Gasteiger partial charge in [0.15, 0.2) is 9.84 Å². The van der Waals surface area contributed by atoms with Crippen molar-refractivity contribution in [1.29, 1.82) is 0 Å². The van der Waals surface area contributed by atoms with E-state index in [0.717, 1.165) is 11.1 Å². The molecule has 122 valence electrons. The molecular formula is C19H18N2O2S. The Labute approximate surface area is 142 Å². The number of hydrogen-bond acceptors (Lipinski definition) is 3. The van der Waals surface area contributed by atoms with Gasteiger partial charge in [-0.3, -0.25) is 0 Å². The largest absolute Gasteiger partial charge is 0.249 e. The van der Waals surface area contributed by atoms with Crippen molar-refractivity contribution in [2.75, 3.05) is 0 Å². The van der Waals surface area contributed by atoms with E-state index in [1.54, 1.807) is 47.6 Å². The number of rotatable bonds is 5. The van der Waals surface area contributed by atoms with Crippen LogP contribution in [-0.4, -0.2) is 18.2 Å². The third-order valence-electron chi connectivity index (χ3n) is 3.75. The lowest BCUT2D eigenvalue weighted by Crippen LogP contribution is -2.12. The Morgan fingerprint density at radius 3 is 2.33 bits per heavy atom. The van der Waals surface area contributed by atoms with E-state index in [1.165, 1.54) is 0 Å². The quantitative estimate of drug-likeness (QED) is 0.709. The summed E-state index contributed by atoms with van der Waals surface area (Å²) in [6.45, 7) is 1.93. The van der Waals surface area contributed by atoms with Gasteiger partial charge >= 0.3 is 0 Å². The molecular weight excluding hydrogens is 320 g/mol. The Kier molecular flexibility index (Phi) is 4.62. The van der Waals surface area contributed by atoms with Crippen molar-refractivity contribution in [2.45, 2.75) is 17.1 Å². The maximum Gasteiger partial charge on any atom is 0.189 e. The van der Waals surface area contributed by atoms with Crippen LogP contribution >= 0.6 is 0 Å². The number of hydrogen-bond donors (Lipinski definition) is 0. The second-order valence-electron chi connectivity index (χ2n) is 5.52. The predicted molar refractivity (Wildman–Crippen MR) is 95.1 cm³/mol. The molecule has 3 rings (SSSR count). The van der Waals surface area contributed by atoms with E-state index in [4.69, 9.17) is 0 Å². The molecule has 0 bridgehead atoms. The van der Waals surface area contributed by atoms with Gasteiger partial charge in [-0.2, -0.15) is 5.10 Å². The molecule has 1 unspecified atom stereocenters. The standard InChI is InChI=1S/C19H18N2O2S/c1-16-8-10-18(11-9-16)24(22,23)19(17-6-3-2-4-7-17)12-15-21-14-5-13-20-21/h2-15,19H,1H3/b15-12+. The van der Waals surface area contributed by atoms with Gasteiger partial charge < -0.3 is 0 Å². The Morgan fingerprint density at radius 2 is 1.71 bits per heavy atom. The molecule has 0 amide bonds. The van der Waals surface area contributed by atoms with Gasteiger partial charge in [-0.1, -0.05) is 48.0 Å². The smallest absolute Gasteiger partial charge is 0.189 e. The van der Waals surface area contributed by atoms with Crippen molar-refractivity contribution >= 4 is 16.0 Å². The summed E-state index contributed by atoms with van der Waals surface area (Å²) in [5.74, 6) is 0. The van der Waals surface area contributed by atoms with Crippen LogP contribution in [0.25, 0.3) is 6.20 Å². The Hall–Kier alpha value is -2.66. The van der Waals surface area contributed by atoms with E-state index in [2.05, 4.69) is 5.10 Å². The molecule has 0 fully saturated rings. The molecule has 1 heterocycles. The van der Waals surface area contributed by atoms with Crippen LogP contribution in [0.5, 0.6) is 0 Å². The normalized spacial score (nSPS) is 13.2. The first kappa shape index (κ1) is 16.2. The highest BCUT2D eigenvalue weighted by Gasteiger charge is 2.26. The molecule has 0 saturated carbocycles. The lowest BCUT2D eigenvalue weighted by molar-refractivity contribution is 0.590. The lowest BCUT2D eigenvalue weighted by Gasteiger charge is -2.15. The van der Waals surface area contributed by atoms with E-state index in [-0.39, 0.29) is 0 Å². The van der Waals surface area contributed by atoms with Crippen molar-refractivity contribution < 1.29 is 8.42 Å². The van der Waals surface area contributed by atoms with E-state index in [0.29, 0.717) is 4.90 Å². The van der Waals surface area contributed by atoms with Crippen molar-refractivity contribution in [2.24, 2.45) is 0 Å². The van der Waals surface area contributed by atoms with Crippen LogP contribution in [0.3, 0.4) is 0 Å². The fourth-order valence-corrected chi connectivity index (χ4v) is 4.05. The van der Waals surface area contributed by atoms with Crippen LogP contribution in [0.4, 0.5) is 0 Å². The van der Waals surface area contributed by atoms with E-state index in [1.807, 2.05) is 49.4 Å². The fourth-order valence-electron chi connectivity index (χ4n) is 2.45. The second-order valence-corrected chi connectivity index (χ2v) is 7.59. The van der Waals surface area contributed by atoms with Gasteiger partial charge in [-0.15, -0.1) is 0 Å². The summed E-state index contributed by atoms with van der Waals surface area (Å²) in [5, 5.41) is 3.31. The van der Waals surface area contributed by atoms with Crippen LogP contribution in [0, 0.1) is 6.92 Å². The summed E-state index contributed by atoms with van der Waals surface area (Å²) in [6, 6.07) is 17.9. The molecule has 4 nitrogen and oxygen atoms in total. The van der Waals surface area contributed by atoms with Crippen molar-refractivity contribution in [3.8, 4) is 0 Å². The Morgan fingerprint density at radius 1 is 1.00 bits per heavy atom. The molecule has 0 saturated heterocycles. The fraction of sp³-hybridized carbons (Fsp3) is 0.105. The molecule has 0 N–H and O–H groups in total. The number of sulfone groups is 1. The summed E-state index contributed by atoms with van der Waals surface area (Å²) >= 11 is 0. The Bertz CT molecular complexity index is 913. The van der Waals surface area contributed by atoms with Gasteiger partial charge in [0.1, 0.15) is 5.25 Å². The van der Waals surface area contributed by atoms with E-state index in [9.17, 15) is 8.42 Å². The molecule has 0 aliphatic heterocycles. The molecule has 0 spiro atoms. The average molecular weight is 338 g/mol. The molecule has 1 atom stereocenters. The number of nitrogens with zero attached hydrogens (tertiary/aromatic N) is 2. The van der Waals surface area contributed by atoms with Gasteiger partial charge in [0.05, 0.1) is 4.90 Å². The monoisotopic (exact) mass is 338 g/mol. The number of aryl methyl sites for hydroxylation is 1.